The van der Waals surface area contributed by atoms with Gasteiger partial charge < -0.3 is 15.0 Å². The zero-order chi connectivity index (χ0) is 17.9. The van der Waals surface area contributed by atoms with Gasteiger partial charge in [-0.15, -0.1) is 10.2 Å². The first-order chi connectivity index (χ1) is 12.7. The lowest BCUT2D eigenvalue weighted by Crippen LogP contribution is -2.11. The van der Waals surface area contributed by atoms with E-state index in [2.05, 4.69) is 15.4 Å². The molecule has 0 spiro atoms. The van der Waals surface area contributed by atoms with Crippen molar-refractivity contribution in [1.82, 2.24) is 10.2 Å². The monoisotopic (exact) mass is 346 g/mol. The van der Waals surface area contributed by atoms with Gasteiger partial charge in [0, 0.05) is 18.5 Å². The summed E-state index contributed by atoms with van der Waals surface area (Å²) in [5.41, 5.74) is 10.3. The Hall–Kier alpha value is -3.25. The molecule has 0 atom stereocenters. The molecule has 130 valence electrons. The molecule has 1 aromatic heterocycles. The van der Waals surface area contributed by atoms with E-state index < -0.39 is 0 Å². The van der Waals surface area contributed by atoms with Crippen LogP contribution in [0.1, 0.15) is 30.4 Å². The molecule has 0 saturated carbocycles. The second kappa shape index (κ2) is 6.93. The Kier molecular flexibility index (Phi) is 4.33. The van der Waals surface area contributed by atoms with Crippen LogP contribution in [0.25, 0.3) is 17.0 Å². The minimum absolute atomic E-state index is 0.448. The van der Waals surface area contributed by atoms with E-state index in [1.54, 1.807) is 0 Å². The molecule has 0 bridgehead atoms. The summed E-state index contributed by atoms with van der Waals surface area (Å²) in [6, 6.07) is 17.6. The summed E-state index contributed by atoms with van der Waals surface area (Å²) in [5, 5.41) is 12.6. The van der Waals surface area contributed by atoms with Crippen molar-refractivity contribution in [2.45, 2.75) is 19.9 Å². The lowest BCUT2D eigenvalue weighted by atomic mass is 9.99. The van der Waals surface area contributed by atoms with Crippen LogP contribution in [0.15, 0.2) is 69.9 Å². The second-order valence-corrected chi connectivity index (χ2v) is 6.02. The molecule has 0 unspecified atom stereocenters. The van der Waals surface area contributed by atoms with Gasteiger partial charge in [0.05, 0.1) is 11.3 Å². The molecule has 3 aromatic rings. The molecular formula is C20H18N4O2. The summed E-state index contributed by atoms with van der Waals surface area (Å²) in [4.78, 5) is 5.51. The number of hydrogen-bond acceptors (Lipinski definition) is 6. The molecule has 0 radical (unpaired) electrons. The average Bonchev–Trinajstić information content (AvgIpc) is 3.19. The van der Waals surface area contributed by atoms with Gasteiger partial charge in [0.15, 0.2) is 0 Å². The first kappa shape index (κ1) is 16.2. The Balaban J connectivity index is 1.62. The number of rotatable bonds is 4. The normalized spacial score (nSPS) is 14.2. The van der Waals surface area contributed by atoms with Gasteiger partial charge in [-0.1, -0.05) is 41.6 Å². The van der Waals surface area contributed by atoms with Gasteiger partial charge >= 0.3 is 0 Å². The third-order valence-corrected chi connectivity index (χ3v) is 4.26. The molecule has 1 aliphatic heterocycles. The summed E-state index contributed by atoms with van der Waals surface area (Å²) in [6.07, 6.45) is 0.552. The predicted molar refractivity (Wildman–Crippen MR) is 98.9 cm³/mol. The number of nitrogens with two attached hydrogens (primary N) is 1. The van der Waals surface area contributed by atoms with Crippen molar-refractivity contribution in [3.05, 3.63) is 77.4 Å². The molecule has 1 aliphatic rings. The zero-order valence-corrected chi connectivity index (χ0v) is 14.3. The van der Waals surface area contributed by atoms with Crippen molar-refractivity contribution in [2.75, 3.05) is 0 Å². The van der Waals surface area contributed by atoms with Crippen molar-refractivity contribution in [1.29, 1.82) is 0 Å². The highest BCUT2D eigenvalue weighted by Crippen LogP contribution is 2.30. The molecule has 6 nitrogen and oxygen atoms in total. The van der Waals surface area contributed by atoms with Crippen LogP contribution in [0, 0.1) is 0 Å². The lowest BCUT2D eigenvalue weighted by molar-refractivity contribution is 0.225. The average molecular weight is 346 g/mol. The first-order valence-corrected chi connectivity index (χ1v) is 8.37. The fourth-order valence-corrected chi connectivity index (χ4v) is 2.80. The van der Waals surface area contributed by atoms with Gasteiger partial charge in [0.2, 0.25) is 11.8 Å². The van der Waals surface area contributed by atoms with E-state index in [0.717, 1.165) is 28.0 Å². The molecule has 0 saturated heterocycles. The standard InChI is InChI=1S/C20H18N4O2/c1-13-17(20-23-22-19(25-20)15-7-3-2-4-8-15)11-18(24-26-13)16-9-5-6-14(10-16)12-21/h2-10H,11-12,21H2,1H3. The number of oxime groups is 1. The summed E-state index contributed by atoms with van der Waals surface area (Å²) in [7, 11) is 0. The van der Waals surface area contributed by atoms with E-state index in [1.165, 1.54) is 0 Å². The van der Waals surface area contributed by atoms with Gasteiger partial charge in [-0.25, -0.2) is 0 Å². The Morgan fingerprint density at radius 3 is 2.54 bits per heavy atom. The number of benzene rings is 2. The lowest BCUT2D eigenvalue weighted by Gasteiger charge is -2.15. The van der Waals surface area contributed by atoms with Gasteiger partial charge in [-0.2, -0.15) is 0 Å². The summed E-state index contributed by atoms with van der Waals surface area (Å²) in [5.74, 6) is 1.59. The fraction of sp³-hybridized carbons (Fsp3) is 0.150. The molecule has 2 N–H and O–H groups in total. The van der Waals surface area contributed by atoms with Crippen LogP contribution in [0.4, 0.5) is 0 Å². The van der Waals surface area contributed by atoms with Crippen molar-refractivity contribution in [3.63, 3.8) is 0 Å². The van der Waals surface area contributed by atoms with E-state index in [-0.39, 0.29) is 0 Å². The van der Waals surface area contributed by atoms with Crippen molar-refractivity contribution >= 4 is 11.3 Å². The predicted octanol–water partition coefficient (Wildman–Crippen LogP) is 3.75. The molecule has 0 fully saturated rings. The number of allylic oxidation sites excluding steroid dienone is 2. The Morgan fingerprint density at radius 1 is 0.962 bits per heavy atom. The maximum absolute atomic E-state index is 5.87. The third-order valence-electron chi connectivity index (χ3n) is 4.26. The highest BCUT2D eigenvalue weighted by molar-refractivity contribution is 6.06. The minimum Gasteiger partial charge on any atom is -0.416 e. The molecule has 6 heteroatoms. The Labute approximate surface area is 151 Å². The molecule has 0 aliphatic carbocycles. The maximum Gasteiger partial charge on any atom is 0.248 e. The largest absolute Gasteiger partial charge is 0.416 e. The van der Waals surface area contributed by atoms with Crippen LogP contribution in [0.2, 0.25) is 0 Å². The molecule has 4 rings (SSSR count). The highest BCUT2D eigenvalue weighted by atomic mass is 16.6. The van der Waals surface area contributed by atoms with E-state index in [1.807, 2.05) is 61.5 Å². The van der Waals surface area contributed by atoms with Gasteiger partial charge in [0.25, 0.3) is 0 Å². The zero-order valence-electron chi connectivity index (χ0n) is 14.3. The van der Waals surface area contributed by atoms with E-state index >= 15 is 0 Å². The summed E-state index contributed by atoms with van der Waals surface area (Å²) in [6.45, 7) is 2.33. The van der Waals surface area contributed by atoms with E-state index in [9.17, 15) is 0 Å². The van der Waals surface area contributed by atoms with Gasteiger partial charge in [-0.3, -0.25) is 0 Å². The number of hydrogen-bond donors (Lipinski definition) is 1. The molecule has 2 aromatic carbocycles. The minimum atomic E-state index is 0.448. The quantitative estimate of drug-likeness (QED) is 0.777. The number of aromatic nitrogens is 2. The Morgan fingerprint density at radius 2 is 1.73 bits per heavy atom. The van der Waals surface area contributed by atoms with Crippen molar-refractivity contribution < 1.29 is 9.25 Å². The topological polar surface area (TPSA) is 86.5 Å². The molecule has 0 amide bonds. The fourth-order valence-electron chi connectivity index (χ4n) is 2.80. The van der Waals surface area contributed by atoms with Crippen LogP contribution in [0.5, 0.6) is 0 Å². The number of nitrogens with zero attached hydrogens (tertiary/aromatic N) is 3. The third kappa shape index (κ3) is 3.14. The highest BCUT2D eigenvalue weighted by Gasteiger charge is 2.23. The first-order valence-electron chi connectivity index (χ1n) is 8.37. The van der Waals surface area contributed by atoms with E-state index in [4.69, 9.17) is 15.0 Å². The van der Waals surface area contributed by atoms with Crippen LogP contribution in [0.3, 0.4) is 0 Å². The SMILES string of the molecule is CC1=C(c2nnc(-c3ccccc3)o2)CC(c2cccc(CN)c2)=NO1. The van der Waals surface area contributed by atoms with Crippen LogP contribution in [-0.2, 0) is 11.4 Å². The van der Waals surface area contributed by atoms with Crippen molar-refractivity contribution in [3.8, 4) is 11.5 Å². The molecule has 2 heterocycles. The summed E-state index contributed by atoms with van der Waals surface area (Å²) < 4.78 is 5.87. The van der Waals surface area contributed by atoms with Gasteiger partial charge in [0.1, 0.15) is 5.76 Å². The smallest absolute Gasteiger partial charge is 0.248 e. The van der Waals surface area contributed by atoms with Crippen LogP contribution < -0.4 is 5.73 Å². The maximum atomic E-state index is 5.87. The van der Waals surface area contributed by atoms with E-state index in [0.29, 0.717) is 30.5 Å². The van der Waals surface area contributed by atoms with Crippen LogP contribution >= 0.6 is 0 Å². The van der Waals surface area contributed by atoms with Crippen molar-refractivity contribution in [2.24, 2.45) is 10.9 Å². The second-order valence-electron chi connectivity index (χ2n) is 6.02. The summed E-state index contributed by atoms with van der Waals surface area (Å²) >= 11 is 0. The Bertz CT molecular complexity index is 990. The van der Waals surface area contributed by atoms with Gasteiger partial charge in [-0.05, 0) is 36.2 Å². The molecular weight excluding hydrogens is 328 g/mol. The van der Waals surface area contributed by atoms with Crippen LogP contribution in [-0.4, -0.2) is 15.9 Å². The molecule has 26 heavy (non-hydrogen) atoms.